The smallest absolute Gasteiger partial charge is 0.274 e. The normalized spacial score (nSPS) is 10.2. The van der Waals surface area contributed by atoms with Crippen LogP contribution in [0.2, 0.25) is 0 Å². The van der Waals surface area contributed by atoms with Gasteiger partial charge in [-0.05, 0) is 56.1 Å². The Balaban J connectivity index is 2.28. The molecule has 5 nitrogen and oxygen atoms in total. The Bertz CT molecular complexity index is 640. The Morgan fingerprint density at radius 3 is 2.40 bits per heavy atom. The molecule has 1 heterocycles. The molecule has 0 bridgehead atoms. The van der Waals surface area contributed by atoms with Crippen LogP contribution in [0.15, 0.2) is 43.7 Å². The van der Waals surface area contributed by atoms with Crippen LogP contribution in [-0.4, -0.2) is 10.9 Å². The summed E-state index contributed by atoms with van der Waals surface area (Å²) in [6, 6.07) is 8.65. The highest BCUT2D eigenvalue weighted by Gasteiger charge is 2.13. The summed E-state index contributed by atoms with van der Waals surface area (Å²) in [4.78, 5) is 16.3. The Morgan fingerprint density at radius 2 is 1.80 bits per heavy atom. The van der Waals surface area contributed by atoms with Gasteiger partial charge in [0.25, 0.3) is 5.91 Å². The summed E-state index contributed by atoms with van der Waals surface area (Å²) in [7, 11) is 0. The Labute approximate surface area is 140 Å². The molecule has 1 aromatic heterocycles. The number of hydrogen-bond donors (Lipinski definition) is 3. The van der Waals surface area contributed by atoms with Gasteiger partial charge in [0.15, 0.2) is 0 Å². The van der Waals surface area contributed by atoms with Gasteiger partial charge < -0.3 is 10.7 Å². The van der Waals surface area contributed by atoms with Crippen molar-refractivity contribution in [3.8, 4) is 0 Å². The first-order chi connectivity index (χ1) is 9.51. The van der Waals surface area contributed by atoms with Gasteiger partial charge >= 0.3 is 0 Å². The first kappa shape index (κ1) is 15.4. The predicted molar refractivity (Wildman–Crippen MR) is 89.5 cm³/mol. The average Bonchev–Trinajstić information content (AvgIpc) is 2.42. The number of benzene rings is 1. The minimum absolute atomic E-state index is 0.266. The van der Waals surface area contributed by atoms with Crippen molar-refractivity contribution < 1.29 is 4.79 Å². The second-order valence-corrected chi connectivity index (χ2v) is 6.38. The first-order valence-electron chi connectivity index (χ1n) is 5.41. The molecule has 2 aromatic rings. The number of aromatic nitrogens is 1. The van der Waals surface area contributed by atoms with Gasteiger partial charge in [-0.25, -0.2) is 10.8 Å². The second-order valence-electron chi connectivity index (χ2n) is 3.75. The van der Waals surface area contributed by atoms with Crippen LogP contribution in [-0.2, 0) is 0 Å². The number of hydrazine groups is 1. The zero-order valence-corrected chi connectivity index (χ0v) is 14.7. The van der Waals surface area contributed by atoms with Crippen molar-refractivity contribution in [1.29, 1.82) is 0 Å². The zero-order valence-electron chi connectivity index (χ0n) is 9.95. The minimum atomic E-state index is -0.328. The van der Waals surface area contributed by atoms with E-state index in [4.69, 9.17) is 5.84 Å². The van der Waals surface area contributed by atoms with E-state index in [2.05, 4.69) is 63.5 Å². The van der Waals surface area contributed by atoms with E-state index in [-0.39, 0.29) is 11.6 Å². The number of halogens is 3. The Hall–Kier alpha value is -0.960. The van der Waals surface area contributed by atoms with Crippen LogP contribution in [0, 0.1) is 0 Å². The number of nitrogens with zero attached hydrogens (tertiary/aromatic N) is 1. The highest BCUT2D eigenvalue weighted by atomic mass is 79.9. The molecular weight excluding hydrogens is 456 g/mol. The average molecular weight is 465 g/mol. The maximum atomic E-state index is 12.2. The van der Waals surface area contributed by atoms with Gasteiger partial charge in [0.1, 0.15) is 11.5 Å². The molecule has 20 heavy (non-hydrogen) atoms. The summed E-state index contributed by atoms with van der Waals surface area (Å²) in [6.45, 7) is 0. The molecule has 4 N–H and O–H groups in total. The maximum Gasteiger partial charge on any atom is 0.274 e. The largest absolute Gasteiger partial charge is 0.319 e. The molecule has 0 aliphatic carbocycles. The third-order valence-corrected chi connectivity index (χ3v) is 4.08. The van der Waals surface area contributed by atoms with Crippen LogP contribution >= 0.6 is 47.8 Å². The molecule has 0 aliphatic rings. The molecule has 0 spiro atoms. The number of anilines is 2. The number of nitrogens with two attached hydrogens (primary N) is 1. The number of carbonyl (C=O) groups excluding carboxylic acids is 1. The van der Waals surface area contributed by atoms with E-state index in [1.165, 1.54) is 0 Å². The van der Waals surface area contributed by atoms with Gasteiger partial charge in [-0.1, -0.05) is 22.0 Å². The number of amides is 1. The van der Waals surface area contributed by atoms with Crippen LogP contribution in [0.1, 0.15) is 10.5 Å². The van der Waals surface area contributed by atoms with E-state index in [9.17, 15) is 4.79 Å². The lowest BCUT2D eigenvalue weighted by Gasteiger charge is -2.10. The molecule has 104 valence electrons. The lowest BCUT2D eigenvalue weighted by Crippen LogP contribution is -2.16. The molecule has 0 fully saturated rings. The molecule has 0 atom stereocenters. The summed E-state index contributed by atoms with van der Waals surface area (Å²) >= 11 is 10.2. The van der Waals surface area contributed by atoms with E-state index < -0.39 is 0 Å². The van der Waals surface area contributed by atoms with Gasteiger partial charge in [-0.3, -0.25) is 4.79 Å². The van der Waals surface area contributed by atoms with Crippen molar-refractivity contribution in [3.63, 3.8) is 0 Å². The van der Waals surface area contributed by atoms with E-state index in [1.54, 1.807) is 18.2 Å². The molecular formula is C12H9Br3N4O. The van der Waals surface area contributed by atoms with Gasteiger partial charge in [-0.2, -0.15) is 0 Å². The van der Waals surface area contributed by atoms with Crippen molar-refractivity contribution in [2.24, 2.45) is 5.84 Å². The fourth-order valence-electron chi connectivity index (χ4n) is 1.48. The van der Waals surface area contributed by atoms with Crippen LogP contribution in [0.25, 0.3) is 0 Å². The molecule has 8 heteroatoms. The van der Waals surface area contributed by atoms with Crippen molar-refractivity contribution in [3.05, 3.63) is 49.4 Å². The third-order valence-electron chi connectivity index (χ3n) is 2.38. The standard InChI is InChI=1S/C12H9Br3N4O/c13-6-4-7(14)11(8(15)5-6)18-12(20)9-2-1-3-10(17-9)19-16/h1-5H,16H2,(H,17,19)(H,18,20). The number of rotatable bonds is 3. The topological polar surface area (TPSA) is 80.0 Å². The fourth-order valence-corrected chi connectivity index (χ4v) is 3.94. The molecule has 2 rings (SSSR count). The third kappa shape index (κ3) is 3.57. The summed E-state index contributed by atoms with van der Waals surface area (Å²) in [5.74, 6) is 5.37. The van der Waals surface area contributed by atoms with Crippen LogP contribution in [0.5, 0.6) is 0 Å². The van der Waals surface area contributed by atoms with Crippen molar-refractivity contribution >= 4 is 65.2 Å². The SMILES string of the molecule is NNc1cccc(C(=O)Nc2c(Br)cc(Br)cc2Br)n1. The Kier molecular flexibility index (Phi) is 5.14. The van der Waals surface area contributed by atoms with Crippen molar-refractivity contribution in [2.75, 3.05) is 10.7 Å². The molecule has 0 unspecified atom stereocenters. The maximum absolute atomic E-state index is 12.2. The van der Waals surface area contributed by atoms with Gasteiger partial charge in [-0.15, -0.1) is 0 Å². The predicted octanol–water partition coefficient (Wildman–Crippen LogP) is 3.91. The molecule has 0 radical (unpaired) electrons. The van der Waals surface area contributed by atoms with Crippen molar-refractivity contribution in [1.82, 2.24) is 4.98 Å². The fraction of sp³-hybridized carbons (Fsp3) is 0. The molecule has 0 aliphatic heterocycles. The van der Waals surface area contributed by atoms with Gasteiger partial charge in [0, 0.05) is 13.4 Å². The minimum Gasteiger partial charge on any atom is -0.319 e. The highest BCUT2D eigenvalue weighted by Crippen LogP contribution is 2.34. The van der Waals surface area contributed by atoms with Crippen LogP contribution in [0.3, 0.4) is 0 Å². The monoisotopic (exact) mass is 462 g/mol. The quantitative estimate of drug-likeness (QED) is 0.475. The highest BCUT2D eigenvalue weighted by molar-refractivity contribution is 9.11. The second kappa shape index (κ2) is 6.66. The number of hydrogen-bond acceptors (Lipinski definition) is 4. The first-order valence-corrected chi connectivity index (χ1v) is 7.78. The lowest BCUT2D eigenvalue weighted by molar-refractivity contribution is 0.102. The van der Waals surface area contributed by atoms with E-state index in [0.29, 0.717) is 11.5 Å². The number of nitrogens with one attached hydrogen (secondary N) is 2. The lowest BCUT2D eigenvalue weighted by atomic mass is 10.3. The van der Waals surface area contributed by atoms with Crippen molar-refractivity contribution in [2.45, 2.75) is 0 Å². The molecule has 1 amide bonds. The van der Waals surface area contributed by atoms with E-state index >= 15 is 0 Å². The number of pyridine rings is 1. The van der Waals surface area contributed by atoms with E-state index in [1.807, 2.05) is 12.1 Å². The molecule has 1 aromatic carbocycles. The number of carbonyl (C=O) groups is 1. The summed E-state index contributed by atoms with van der Waals surface area (Å²) in [6.07, 6.45) is 0. The molecule has 0 saturated carbocycles. The summed E-state index contributed by atoms with van der Waals surface area (Å²) < 4.78 is 2.39. The number of nitrogen functional groups attached to an aromatic ring is 1. The van der Waals surface area contributed by atoms with Crippen LogP contribution < -0.4 is 16.6 Å². The summed E-state index contributed by atoms with van der Waals surface area (Å²) in [5.41, 5.74) is 3.30. The van der Waals surface area contributed by atoms with Crippen LogP contribution in [0.4, 0.5) is 11.5 Å². The zero-order chi connectivity index (χ0) is 14.7. The Morgan fingerprint density at radius 1 is 1.15 bits per heavy atom. The van der Waals surface area contributed by atoms with Gasteiger partial charge in [0.05, 0.1) is 5.69 Å². The molecule has 0 saturated heterocycles. The summed E-state index contributed by atoms with van der Waals surface area (Å²) in [5, 5.41) is 2.79. The van der Waals surface area contributed by atoms with Gasteiger partial charge in [0.2, 0.25) is 0 Å². The van der Waals surface area contributed by atoms with E-state index in [0.717, 1.165) is 13.4 Å².